The predicted molar refractivity (Wildman–Crippen MR) is 40.0 cm³/mol. The maximum Gasteiger partial charge on any atom is 0.221 e. The lowest BCUT2D eigenvalue weighted by Gasteiger charge is -2.00. The van der Waals surface area contributed by atoms with Gasteiger partial charge in [0.25, 0.3) is 0 Å². The summed E-state index contributed by atoms with van der Waals surface area (Å²) in [6.45, 7) is 1.98. The first kappa shape index (κ1) is 9.25. The van der Waals surface area contributed by atoms with E-state index in [2.05, 4.69) is 0 Å². The van der Waals surface area contributed by atoms with Gasteiger partial charge in [-0.15, -0.1) is 11.6 Å². The van der Waals surface area contributed by atoms with Crippen molar-refractivity contribution in [2.45, 2.75) is 31.6 Å². The van der Waals surface area contributed by atoms with E-state index in [1.165, 1.54) is 0 Å². The Bertz CT molecular complexity index is 93.1. The van der Waals surface area contributed by atoms with Crippen molar-refractivity contribution in [1.29, 1.82) is 0 Å². The Morgan fingerprint density at radius 2 is 2.22 bits per heavy atom. The number of carbonyl (C=O) groups is 1. The Kier molecular flexibility index (Phi) is 5.21. The third-order valence-electron chi connectivity index (χ3n) is 1.10. The molecule has 3 heteroatoms. The van der Waals surface area contributed by atoms with Gasteiger partial charge in [0.05, 0.1) is 0 Å². The van der Waals surface area contributed by atoms with Gasteiger partial charge in [0.1, 0.15) is 0 Å². The van der Waals surface area contributed by atoms with Crippen molar-refractivity contribution in [3.05, 3.63) is 0 Å². The fourth-order valence-electron chi connectivity index (χ4n) is 0.474. The Hall–Kier alpha value is 0.250. The number of alkyl halides is 1. The first-order valence-electron chi connectivity index (χ1n) is 2.99. The minimum Gasteiger partial charge on any atom is -0.281 e. The van der Waals surface area contributed by atoms with Gasteiger partial charge in [-0.25, -0.2) is 0 Å². The molecule has 0 rings (SSSR count). The number of carbonyl (C=O) groups excluding carboxylic acids is 1. The second-order valence-electron chi connectivity index (χ2n) is 1.90. The first-order valence-corrected chi connectivity index (χ1v) is 3.80. The lowest BCUT2D eigenvalue weighted by molar-refractivity contribution is -0.111. The molecule has 0 saturated carbocycles. The third kappa shape index (κ3) is 6.13. The van der Waals surface area contributed by atoms with Crippen molar-refractivity contribution in [3.8, 4) is 0 Å². The molecule has 0 radical (unpaired) electrons. The molecule has 0 aromatic carbocycles. The summed E-state index contributed by atoms with van der Waals surface area (Å²) in [5.41, 5.74) is 0. The van der Waals surface area contributed by atoms with E-state index in [-0.39, 0.29) is 10.6 Å². The molecule has 0 fully saturated rings. The molecular weight excluding hydrogens is 159 g/mol. The summed E-state index contributed by atoms with van der Waals surface area (Å²) in [5.74, 6) is 0. The van der Waals surface area contributed by atoms with Gasteiger partial charge >= 0.3 is 0 Å². The highest BCUT2D eigenvalue weighted by Gasteiger charge is 2.02. The molecule has 1 unspecified atom stereocenters. The van der Waals surface area contributed by atoms with Crippen LogP contribution in [0, 0.1) is 0 Å². The van der Waals surface area contributed by atoms with E-state index >= 15 is 0 Å². The SMILES string of the molecule is CCC(Cl)CCC(=O)Cl. The molecule has 0 N–H and O–H groups in total. The minimum absolute atomic E-state index is 0.104. The van der Waals surface area contributed by atoms with E-state index in [1.54, 1.807) is 0 Å². The fraction of sp³-hybridized carbons (Fsp3) is 0.833. The molecule has 0 aliphatic heterocycles. The average Bonchev–Trinajstić information content (AvgIpc) is 1.83. The molecule has 0 bridgehead atoms. The summed E-state index contributed by atoms with van der Waals surface area (Å²) in [6, 6.07) is 0. The second-order valence-corrected chi connectivity index (χ2v) is 2.94. The van der Waals surface area contributed by atoms with Crippen LogP contribution in [0.3, 0.4) is 0 Å². The van der Waals surface area contributed by atoms with Crippen LogP contribution in [-0.2, 0) is 4.79 Å². The molecule has 0 amide bonds. The maximum absolute atomic E-state index is 10.2. The van der Waals surface area contributed by atoms with E-state index in [1.807, 2.05) is 6.92 Å². The zero-order valence-electron chi connectivity index (χ0n) is 5.36. The number of rotatable bonds is 4. The lowest BCUT2D eigenvalue weighted by atomic mass is 10.2. The normalized spacial score (nSPS) is 13.2. The molecule has 0 spiro atoms. The van der Waals surface area contributed by atoms with Crippen LogP contribution in [0.2, 0.25) is 0 Å². The van der Waals surface area contributed by atoms with Crippen molar-refractivity contribution in [3.63, 3.8) is 0 Å². The van der Waals surface area contributed by atoms with Crippen molar-refractivity contribution in [2.24, 2.45) is 0 Å². The Labute approximate surface area is 65.3 Å². The highest BCUT2D eigenvalue weighted by molar-refractivity contribution is 6.63. The average molecular weight is 169 g/mol. The Morgan fingerprint density at radius 1 is 1.67 bits per heavy atom. The largest absolute Gasteiger partial charge is 0.281 e. The Balaban J connectivity index is 3.16. The zero-order chi connectivity index (χ0) is 7.28. The maximum atomic E-state index is 10.2. The highest BCUT2D eigenvalue weighted by Crippen LogP contribution is 2.09. The van der Waals surface area contributed by atoms with Crippen molar-refractivity contribution in [2.75, 3.05) is 0 Å². The molecule has 9 heavy (non-hydrogen) atoms. The van der Waals surface area contributed by atoms with Crippen LogP contribution in [0.1, 0.15) is 26.2 Å². The van der Waals surface area contributed by atoms with Crippen LogP contribution in [0.4, 0.5) is 0 Å². The standard InChI is InChI=1S/C6H10Cl2O/c1-2-5(7)3-4-6(8)9/h5H,2-4H2,1H3. The van der Waals surface area contributed by atoms with E-state index in [0.29, 0.717) is 12.8 Å². The highest BCUT2D eigenvalue weighted by atomic mass is 35.5. The summed E-state index contributed by atoms with van der Waals surface area (Å²) in [4.78, 5) is 10.2. The van der Waals surface area contributed by atoms with Gasteiger partial charge in [-0.05, 0) is 24.4 Å². The van der Waals surface area contributed by atoms with Crippen LogP contribution in [0.5, 0.6) is 0 Å². The number of halogens is 2. The molecule has 0 heterocycles. The predicted octanol–water partition coefficient (Wildman–Crippen LogP) is 2.55. The topological polar surface area (TPSA) is 17.1 Å². The summed E-state index contributed by atoms with van der Waals surface area (Å²) >= 11 is 10.8. The molecule has 54 valence electrons. The number of hydrogen-bond donors (Lipinski definition) is 0. The quantitative estimate of drug-likeness (QED) is 0.466. The summed E-state index contributed by atoms with van der Waals surface area (Å²) in [5, 5.41) is -0.193. The van der Waals surface area contributed by atoms with E-state index in [9.17, 15) is 4.79 Å². The second kappa shape index (κ2) is 5.07. The third-order valence-corrected chi connectivity index (χ3v) is 1.81. The first-order chi connectivity index (χ1) is 4.16. The van der Waals surface area contributed by atoms with Crippen molar-refractivity contribution >= 4 is 28.4 Å². The lowest BCUT2D eigenvalue weighted by Crippen LogP contribution is -1.98. The van der Waals surface area contributed by atoms with Gasteiger partial charge in [0.2, 0.25) is 5.24 Å². The molecule has 1 nitrogen and oxygen atoms in total. The molecule has 0 aromatic rings. The van der Waals surface area contributed by atoms with Crippen LogP contribution < -0.4 is 0 Å². The summed E-state index contributed by atoms with van der Waals surface area (Å²) in [6.07, 6.45) is 1.98. The smallest absolute Gasteiger partial charge is 0.221 e. The molecule has 0 aliphatic carbocycles. The van der Waals surface area contributed by atoms with E-state index in [0.717, 1.165) is 6.42 Å². The molecule has 0 aromatic heterocycles. The van der Waals surface area contributed by atoms with Gasteiger partial charge in [-0.3, -0.25) is 4.79 Å². The van der Waals surface area contributed by atoms with Gasteiger partial charge in [0, 0.05) is 11.8 Å². The zero-order valence-corrected chi connectivity index (χ0v) is 6.87. The van der Waals surface area contributed by atoms with Gasteiger partial charge in [0.15, 0.2) is 0 Å². The van der Waals surface area contributed by atoms with E-state index in [4.69, 9.17) is 23.2 Å². The molecule has 1 atom stereocenters. The van der Waals surface area contributed by atoms with E-state index < -0.39 is 0 Å². The van der Waals surface area contributed by atoms with Crippen LogP contribution >= 0.6 is 23.2 Å². The molecule has 0 aliphatic rings. The van der Waals surface area contributed by atoms with Crippen molar-refractivity contribution < 1.29 is 4.79 Å². The fourth-order valence-corrected chi connectivity index (χ4v) is 0.692. The minimum atomic E-state index is -0.297. The Morgan fingerprint density at radius 3 is 2.56 bits per heavy atom. The van der Waals surface area contributed by atoms with Crippen molar-refractivity contribution in [1.82, 2.24) is 0 Å². The van der Waals surface area contributed by atoms with Gasteiger partial charge in [-0.1, -0.05) is 6.92 Å². The summed E-state index contributed by atoms with van der Waals surface area (Å²) in [7, 11) is 0. The van der Waals surface area contributed by atoms with Crippen LogP contribution in [0.25, 0.3) is 0 Å². The molecule has 0 saturated heterocycles. The molecular formula is C6H10Cl2O. The number of hydrogen-bond acceptors (Lipinski definition) is 1. The van der Waals surface area contributed by atoms with Gasteiger partial charge in [-0.2, -0.15) is 0 Å². The van der Waals surface area contributed by atoms with Crippen LogP contribution in [0.15, 0.2) is 0 Å². The van der Waals surface area contributed by atoms with Gasteiger partial charge < -0.3 is 0 Å². The summed E-state index contributed by atoms with van der Waals surface area (Å²) < 4.78 is 0. The van der Waals surface area contributed by atoms with Crippen LogP contribution in [-0.4, -0.2) is 10.6 Å². The monoisotopic (exact) mass is 168 g/mol.